The number of rotatable bonds is 3. The highest BCUT2D eigenvalue weighted by molar-refractivity contribution is 7.99. The molecule has 2 heterocycles. The van der Waals surface area contributed by atoms with Gasteiger partial charge in [-0.1, -0.05) is 18.2 Å². The average Bonchev–Trinajstić information content (AvgIpc) is 2.83. The van der Waals surface area contributed by atoms with E-state index in [1.807, 2.05) is 6.07 Å². The monoisotopic (exact) mass is 360 g/mol. The number of morpholine rings is 1. The first-order chi connectivity index (χ1) is 11.1. The van der Waals surface area contributed by atoms with Gasteiger partial charge >= 0.3 is 0 Å². The summed E-state index contributed by atoms with van der Waals surface area (Å²) in [5.41, 5.74) is 0.670. The summed E-state index contributed by atoms with van der Waals surface area (Å²) < 4.78 is 47.6. The molecule has 0 aliphatic carbocycles. The quantitative estimate of drug-likeness (QED) is 0.826. The summed E-state index contributed by atoms with van der Waals surface area (Å²) in [6, 6.07) is 6.75. The van der Waals surface area contributed by atoms with Gasteiger partial charge in [-0.3, -0.25) is 0 Å². The van der Waals surface area contributed by atoms with Crippen LogP contribution in [0.25, 0.3) is 0 Å². The Hall–Kier alpha value is -0.670. The summed E-state index contributed by atoms with van der Waals surface area (Å²) >= 11 is 1.63. The van der Waals surface area contributed by atoms with Crippen molar-refractivity contribution < 1.29 is 17.5 Å². The molecule has 1 aromatic carbocycles. The molecular weight excluding hydrogens is 339 g/mol. The van der Waals surface area contributed by atoms with Gasteiger partial charge in [-0.15, -0.1) is 0 Å². The molecule has 0 unspecified atom stereocenters. The Morgan fingerprint density at radius 3 is 2.52 bits per heavy atom. The van der Waals surface area contributed by atoms with Crippen molar-refractivity contribution in [1.29, 1.82) is 0 Å². The Bertz CT molecular complexity index is 635. The van der Waals surface area contributed by atoms with E-state index in [0.29, 0.717) is 57.1 Å². The standard InChI is InChI=1S/C15H21FN2O3S2/c16-14-4-2-1-3-13(14)15-5-6-17(9-12-22-15)23(19,20)18-7-10-21-11-8-18/h1-4,15H,5-12H2/t15-/m0/s1. The van der Waals surface area contributed by atoms with Crippen LogP contribution in [0.1, 0.15) is 17.2 Å². The summed E-state index contributed by atoms with van der Waals surface area (Å²) in [5.74, 6) is 0.456. The Balaban J connectivity index is 1.70. The molecule has 0 N–H and O–H groups in total. The summed E-state index contributed by atoms with van der Waals surface area (Å²) in [7, 11) is -3.44. The van der Waals surface area contributed by atoms with E-state index < -0.39 is 10.2 Å². The zero-order valence-corrected chi connectivity index (χ0v) is 14.5. The minimum Gasteiger partial charge on any atom is -0.379 e. The van der Waals surface area contributed by atoms with Crippen molar-refractivity contribution in [3.05, 3.63) is 35.6 Å². The van der Waals surface area contributed by atoms with Crippen molar-refractivity contribution in [2.45, 2.75) is 11.7 Å². The lowest BCUT2D eigenvalue weighted by atomic mass is 10.1. The van der Waals surface area contributed by atoms with E-state index in [4.69, 9.17) is 4.74 Å². The minimum atomic E-state index is -3.44. The number of thioether (sulfide) groups is 1. The van der Waals surface area contributed by atoms with Crippen molar-refractivity contribution in [2.75, 3.05) is 45.1 Å². The second kappa shape index (κ2) is 7.48. The highest BCUT2D eigenvalue weighted by atomic mass is 32.2. The van der Waals surface area contributed by atoms with Crippen molar-refractivity contribution in [3.63, 3.8) is 0 Å². The van der Waals surface area contributed by atoms with Crippen LogP contribution in [0.15, 0.2) is 24.3 Å². The van der Waals surface area contributed by atoms with Gasteiger partial charge in [0.15, 0.2) is 0 Å². The minimum absolute atomic E-state index is 0.00101. The van der Waals surface area contributed by atoms with Crippen LogP contribution in [0.3, 0.4) is 0 Å². The molecule has 5 nitrogen and oxygen atoms in total. The molecule has 0 amide bonds. The van der Waals surface area contributed by atoms with E-state index in [2.05, 4.69) is 0 Å². The fraction of sp³-hybridized carbons (Fsp3) is 0.600. The summed E-state index contributed by atoms with van der Waals surface area (Å²) in [4.78, 5) is 0. The summed E-state index contributed by atoms with van der Waals surface area (Å²) in [5, 5.41) is 0.00101. The molecule has 3 rings (SSSR count). The fourth-order valence-electron chi connectivity index (χ4n) is 2.91. The molecule has 8 heteroatoms. The van der Waals surface area contributed by atoms with Crippen LogP contribution in [0.2, 0.25) is 0 Å². The zero-order valence-electron chi connectivity index (χ0n) is 12.9. The molecule has 0 saturated carbocycles. The summed E-state index contributed by atoms with van der Waals surface area (Å²) in [6.07, 6.45) is 0.620. The van der Waals surface area contributed by atoms with Crippen LogP contribution >= 0.6 is 11.8 Å². The highest BCUT2D eigenvalue weighted by Crippen LogP contribution is 2.36. The van der Waals surface area contributed by atoms with Crippen LogP contribution in [-0.2, 0) is 14.9 Å². The van der Waals surface area contributed by atoms with Gasteiger partial charge in [-0.2, -0.15) is 28.8 Å². The third-order valence-electron chi connectivity index (χ3n) is 4.18. The first-order valence-corrected chi connectivity index (χ1v) is 10.2. The smallest absolute Gasteiger partial charge is 0.282 e. The zero-order chi connectivity index (χ0) is 16.3. The van der Waals surface area contributed by atoms with E-state index in [9.17, 15) is 12.8 Å². The van der Waals surface area contributed by atoms with E-state index in [0.717, 1.165) is 0 Å². The second-order valence-corrected chi connectivity index (χ2v) is 8.83. The van der Waals surface area contributed by atoms with Gasteiger partial charge in [0.25, 0.3) is 10.2 Å². The SMILES string of the molecule is O=S(=O)(N1CCOCC1)N1CCS[C@H](c2ccccc2F)CC1. The van der Waals surface area contributed by atoms with E-state index in [-0.39, 0.29) is 11.1 Å². The maximum absolute atomic E-state index is 14.0. The number of halogens is 1. The molecule has 2 fully saturated rings. The Morgan fingerprint density at radius 1 is 1.09 bits per heavy atom. The predicted molar refractivity (Wildman–Crippen MR) is 89.1 cm³/mol. The molecule has 23 heavy (non-hydrogen) atoms. The van der Waals surface area contributed by atoms with Crippen molar-refractivity contribution in [2.24, 2.45) is 0 Å². The normalized spacial score (nSPS) is 25.2. The molecule has 0 bridgehead atoms. The molecule has 1 aromatic rings. The van der Waals surface area contributed by atoms with Gasteiger partial charge in [-0.25, -0.2) is 4.39 Å². The largest absolute Gasteiger partial charge is 0.379 e. The van der Waals surface area contributed by atoms with Crippen LogP contribution in [0.4, 0.5) is 4.39 Å². The number of hydrogen-bond donors (Lipinski definition) is 0. The van der Waals surface area contributed by atoms with Crippen molar-refractivity contribution in [1.82, 2.24) is 8.61 Å². The third kappa shape index (κ3) is 3.88. The maximum Gasteiger partial charge on any atom is 0.282 e. The topological polar surface area (TPSA) is 49.9 Å². The van der Waals surface area contributed by atoms with Gasteiger partial charge in [0.2, 0.25) is 0 Å². The lowest BCUT2D eigenvalue weighted by Gasteiger charge is -2.31. The molecule has 1 atom stereocenters. The molecular formula is C15H21FN2O3S2. The van der Waals surface area contributed by atoms with Crippen LogP contribution < -0.4 is 0 Å². The number of benzene rings is 1. The van der Waals surface area contributed by atoms with E-state index >= 15 is 0 Å². The Morgan fingerprint density at radius 2 is 1.78 bits per heavy atom. The average molecular weight is 360 g/mol. The number of nitrogens with zero attached hydrogens (tertiary/aromatic N) is 2. The Labute approximate surface area is 141 Å². The first kappa shape index (κ1) is 17.2. The Kier molecular flexibility index (Phi) is 5.58. The van der Waals surface area contributed by atoms with E-state index in [1.54, 1.807) is 23.9 Å². The lowest BCUT2D eigenvalue weighted by molar-refractivity contribution is 0.0703. The van der Waals surface area contributed by atoms with Gasteiger partial charge in [-0.05, 0) is 12.5 Å². The van der Waals surface area contributed by atoms with Crippen LogP contribution in [0.5, 0.6) is 0 Å². The third-order valence-corrected chi connectivity index (χ3v) is 7.52. The summed E-state index contributed by atoms with van der Waals surface area (Å²) in [6.45, 7) is 2.59. The van der Waals surface area contributed by atoms with Gasteiger partial charge in [0.1, 0.15) is 5.82 Å². The van der Waals surface area contributed by atoms with Crippen molar-refractivity contribution in [3.8, 4) is 0 Å². The fourth-order valence-corrected chi connectivity index (χ4v) is 5.87. The molecule has 2 aliphatic rings. The first-order valence-electron chi connectivity index (χ1n) is 7.78. The van der Waals surface area contributed by atoms with Gasteiger partial charge in [0.05, 0.1) is 13.2 Å². The van der Waals surface area contributed by atoms with Gasteiger partial charge < -0.3 is 4.74 Å². The molecule has 0 radical (unpaired) electrons. The number of ether oxygens (including phenoxy) is 1. The molecule has 128 valence electrons. The maximum atomic E-state index is 14.0. The van der Waals surface area contributed by atoms with Crippen LogP contribution in [0, 0.1) is 5.82 Å². The molecule has 2 aliphatic heterocycles. The lowest BCUT2D eigenvalue weighted by Crippen LogP contribution is -2.49. The molecule has 0 spiro atoms. The number of hydrogen-bond acceptors (Lipinski definition) is 4. The predicted octanol–water partition coefficient (Wildman–Crippen LogP) is 1.88. The van der Waals surface area contributed by atoms with Crippen LogP contribution in [-0.4, -0.2) is 62.2 Å². The van der Waals surface area contributed by atoms with Gasteiger partial charge in [0, 0.05) is 42.7 Å². The molecule has 0 aromatic heterocycles. The van der Waals surface area contributed by atoms with E-state index in [1.165, 1.54) is 14.7 Å². The second-order valence-electron chi connectivity index (χ2n) is 5.59. The van der Waals surface area contributed by atoms with Crippen molar-refractivity contribution >= 4 is 22.0 Å². The molecule has 2 saturated heterocycles. The highest BCUT2D eigenvalue weighted by Gasteiger charge is 2.33.